The second kappa shape index (κ2) is 8.25. The molecular formula is C19H23N5O6. The third-order valence-corrected chi connectivity index (χ3v) is 4.65. The van der Waals surface area contributed by atoms with Crippen molar-refractivity contribution < 1.29 is 28.9 Å². The quantitative estimate of drug-likeness (QED) is 0.548. The second-order valence-electron chi connectivity index (χ2n) is 7.88. The maximum Gasteiger partial charge on any atom is 0.415 e. The predicted octanol–water partition coefficient (Wildman–Crippen LogP) is 1.71. The lowest BCUT2D eigenvalue weighted by molar-refractivity contribution is -0.161. The van der Waals surface area contributed by atoms with E-state index in [1.54, 1.807) is 32.9 Å². The fourth-order valence-corrected chi connectivity index (χ4v) is 3.04. The Kier molecular flexibility index (Phi) is 5.91. The van der Waals surface area contributed by atoms with Crippen LogP contribution in [0.25, 0.3) is 5.52 Å². The second-order valence-corrected chi connectivity index (χ2v) is 7.88. The molecule has 1 aliphatic heterocycles. The predicted molar refractivity (Wildman–Crippen MR) is 102 cm³/mol. The van der Waals surface area contributed by atoms with Gasteiger partial charge in [0.2, 0.25) is 6.79 Å². The van der Waals surface area contributed by atoms with Gasteiger partial charge >= 0.3 is 12.1 Å². The Morgan fingerprint density at radius 3 is 2.83 bits per heavy atom. The zero-order valence-electron chi connectivity index (χ0n) is 16.9. The van der Waals surface area contributed by atoms with Crippen LogP contribution in [0.3, 0.4) is 0 Å². The van der Waals surface area contributed by atoms with E-state index in [0.29, 0.717) is 24.1 Å². The molecule has 2 atom stereocenters. The first-order chi connectivity index (χ1) is 14.2. The maximum atomic E-state index is 12.1. The van der Waals surface area contributed by atoms with Crippen molar-refractivity contribution in [1.29, 1.82) is 5.26 Å². The van der Waals surface area contributed by atoms with Crippen LogP contribution < -0.4 is 5.32 Å². The molecule has 1 fully saturated rings. The number of nitrogens with one attached hydrogen (secondary N) is 1. The van der Waals surface area contributed by atoms with E-state index >= 15 is 0 Å². The number of anilines is 1. The van der Waals surface area contributed by atoms with E-state index in [2.05, 4.69) is 21.5 Å². The lowest BCUT2D eigenvalue weighted by Crippen LogP contribution is -2.28. The lowest BCUT2D eigenvalue weighted by atomic mass is 9.98. The Bertz CT molecular complexity index is 991. The molecule has 0 bridgehead atoms. The van der Waals surface area contributed by atoms with Crippen LogP contribution in [0.2, 0.25) is 0 Å². The molecule has 0 unspecified atom stereocenters. The molecule has 1 amide bonds. The van der Waals surface area contributed by atoms with Crippen LogP contribution in [-0.4, -0.2) is 51.3 Å². The summed E-state index contributed by atoms with van der Waals surface area (Å²) in [5.41, 5.74) is -1.09. The summed E-state index contributed by atoms with van der Waals surface area (Å²) in [4.78, 5) is 27.8. The van der Waals surface area contributed by atoms with Gasteiger partial charge in [0, 0.05) is 0 Å². The zero-order valence-corrected chi connectivity index (χ0v) is 16.9. The van der Waals surface area contributed by atoms with Gasteiger partial charge in [0.15, 0.2) is 11.4 Å². The molecule has 0 aliphatic carbocycles. The molecule has 3 heterocycles. The highest BCUT2D eigenvalue weighted by Gasteiger charge is 2.44. The molecule has 0 aromatic carbocycles. The number of esters is 1. The van der Waals surface area contributed by atoms with Gasteiger partial charge in [-0.25, -0.2) is 14.3 Å². The van der Waals surface area contributed by atoms with Gasteiger partial charge in [0.1, 0.15) is 17.9 Å². The summed E-state index contributed by atoms with van der Waals surface area (Å²) in [5, 5.41) is 25.7. The summed E-state index contributed by atoms with van der Waals surface area (Å²) < 4.78 is 17.0. The molecule has 1 saturated heterocycles. The van der Waals surface area contributed by atoms with Gasteiger partial charge in [0.25, 0.3) is 0 Å². The van der Waals surface area contributed by atoms with Gasteiger partial charge in [-0.1, -0.05) is 0 Å². The molecule has 11 nitrogen and oxygen atoms in total. The van der Waals surface area contributed by atoms with Crippen molar-refractivity contribution in [2.45, 2.75) is 45.3 Å². The molecule has 160 valence electrons. The Hall–Kier alpha value is -3.23. The Balaban J connectivity index is 1.74. The molecule has 0 radical (unpaired) electrons. The molecule has 3 rings (SSSR count). The number of aliphatic hydroxyl groups is 1. The van der Waals surface area contributed by atoms with Crippen molar-refractivity contribution in [3.8, 4) is 6.07 Å². The highest BCUT2D eigenvalue weighted by Crippen LogP contribution is 2.39. The van der Waals surface area contributed by atoms with E-state index in [-0.39, 0.29) is 12.4 Å². The van der Waals surface area contributed by atoms with Crippen LogP contribution in [0.4, 0.5) is 10.6 Å². The minimum Gasteiger partial charge on any atom is -0.427 e. The van der Waals surface area contributed by atoms with Gasteiger partial charge in [-0.3, -0.25) is 10.1 Å². The van der Waals surface area contributed by atoms with Crippen LogP contribution in [-0.2, 0) is 24.6 Å². The average molecular weight is 417 g/mol. The summed E-state index contributed by atoms with van der Waals surface area (Å²) in [6, 6.07) is 5.47. The number of ether oxygens (including phenoxy) is 3. The van der Waals surface area contributed by atoms with Crippen molar-refractivity contribution in [2.75, 3.05) is 18.7 Å². The van der Waals surface area contributed by atoms with E-state index in [0.717, 1.165) is 0 Å². The van der Waals surface area contributed by atoms with Crippen LogP contribution in [0, 0.1) is 16.7 Å². The number of hydrogen-bond acceptors (Lipinski definition) is 9. The summed E-state index contributed by atoms with van der Waals surface area (Å²) in [5.74, 6) is -0.358. The highest BCUT2D eigenvalue weighted by atomic mass is 16.7. The molecule has 0 spiro atoms. The highest BCUT2D eigenvalue weighted by molar-refractivity contribution is 5.88. The van der Waals surface area contributed by atoms with Gasteiger partial charge in [-0.15, -0.1) is 0 Å². The van der Waals surface area contributed by atoms with Crippen molar-refractivity contribution in [3.05, 3.63) is 24.2 Å². The number of aliphatic hydroxyl groups excluding tert-OH is 1. The van der Waals surface area contributed by atoms with Crippen LogP contribution in [0.5, 0.6) is 0 Å². The number of aromatic nitrogens is 3. The normalized spacial score (nSPS) is 21.2. The smallest absolute Gasteiger partial charge is 0.415 e. The number of rotatable bonds is 5. The molecular weight excluding hydrogens is 394 g/mol. The summed E-state index contributed by atoms with van der Waals surface area (Å²) in [6.45, 7) is 4.33. The van der Waals surface area contributed by atoms with Crippen molar-refractivity contribution >= 4 is 23.4 Å². The zero-order chi connectivity index (χ0) is 21.9. The standard InChI is InChI=1S/C19H23N5O6/c1-18(2,3)16(26)28-11-29-17(27)23-15-13-4-5-14(24(13)22-10-21-15)19(9-20)7-6-12(8-25)30-19/h4-5,10,12,25H,6-8,11H2,1-3H3,(H,21,22,23,27)/t12-,19-/m0/s1. The van der Waals surface area contributed by atoms with E-state index in [4.69, 9.17) is 14.2 Å². The SMILES string of the molecule is CC(C)(C)C(=O)OCOC(=O)Nc1ncnn2c([C@@]3(C#N)CC[C@@H](CO)O3)ccc12. The summed E-state index contributed by atoms with van der Waals surface area (Å²) >= 11 is 0. The molecule has 1 aliphatic rings. The molecule has 11 heteroatoms. The number of carbonyl (C=O) groups is 2. The first-order valence-electron chi connectivity index (χ1n) is 9.34. The largest absolute Gasteiger partial charge is 0.427 e. The number of fused-ring (bicyclic) bond motifs is 1. The molecule has 2 N–H and O–H groups in total. The average Bonchev–Trinajstić information content (AvgIpc) is 3.32. The van der Waals surface area contributed by atoms with Gasteiger partial charge < -0.3 is 19.3 Å². The fraction of sp³-hybridized carbons (Fsp3) is 0.526. The first-order valence-corrected chi connectivity index (χ1v) is 9.34. The van der Waals surface area contributed by atoms with E-state index in [1.165, 1.54) is 10.8 Å². The minimum atomic E-state index is -1.26. The lowest BCUT2D eigenvalue weighted by Gasteiger charge is -2.21. The van der Waals surface area contributed by atoms with E-state index in [9.17, 15) is 20.0 Å². The number of carbonyl (C=O) groups excluding carboxylic acids is 2. The van der Waals surface area contributed by atoms with E-state index < -0.39 is 36.0 Å². The molecule has 30 heavy (non-hydrogen) atoms. The van der Waals surface area contributed by atoms with Gasteiger partial charge in [-0.05, 0) is 45.7 Å². The number of nitrogens with zero attached hydrogens (tertiary/aromatic N) is 4. The van der Waals surface area contributed by atoms with Crippen LogP contribution in [0.15, 0.2) is 18.5 Å². The minimum absolute atomic E-state index is 0.146. The third kappa shape index (κ3) is 4.19. The molecule has 0 saturated carbocycles. The molecule has 2 aromatic rings. The topological polar surface area (TPSA) is 148 Å². The first kappa shape index (κ1) is 21.5. The summed E-state index contributed by atoms with van der Waals surface area (Å²) in [6.07, 6.45) is 0.852. The van der Waals surface area contributed by atoms with Crippen molar-refractivity contribution in [2.24, 2.45) is 5.41 Å². The molecule has 2 aromatic heterocycles. The van der Waals surface area contributed by atoms with Crippen molar-refractivity contribution in [1.82, 2.24) is 14.6 Å². The third-order valence-electron chi connectivity index (χ3n) is 4.65. The maximum absolute atomic E-state index is 12.1. The monoisotopic (exact) mass is 417 g/mol. The van der Waals surface area contributed by atoms with Crippen LogP contribution in [0.1, 0.15) is 39.3 Å². The Labute approximate surface area is 172 Å². The Morgan fingerprint density at radius 1 is 1.43 bits per heavy atom. The van der Waals surface area contributed by atoms with Crippen LogP contribution >= 0.6 is 0 Å². The number of hydrogen-bond donors (Lipinski definition) is 2. The van der Waals surface area contributed by atoms with Crippen molar-refractivity contribution in [3.63, 3.8) is 0 Å². The number of nitriles is 1. The van der Waals surface area contributed by atoms with E-state index in [1.807, 2.05) is 0 Å². The van der Waals surface area contributed by atoms with Gasteiger partial charge in [-0.2, -0.15) is 10.4 Å². The summed E-state index contributed by atoms with van der Waals surface area (Å²) in [7, 11) is 0. The van der Waals surface area contributed by atoms with Gasteiger partial charge in [0.05, 0.1) is 23.8 Å². The fourth-order valence-electron chi connectivity index (χ4n) is 3.04. The Morgan fingerprint density at radius 2 is 2.20 bits per heavy atom. The number of amides is 1.